The van der Waals surface area contributed by atoms with Crippen LogP contribution in [0.5, 0.6) is 0 Å². The van der Waals surface area contributed by atoms with Crippen LogP contribution in [0.2, 0.25) is 0 Å². The molecule has 1 saturated heterocycles. The quantitative estimate of drug-likeness (QED) is 0.397. The van der Waals surface area contributed by atoms with Gasteiger partial charge in [-0.2, -0.15) is 5.10 Å². The van der Waals surface area contributed by atoms with E-state index in [9.17, 15) is 4.79 Å². The van der Waals surface area contributed by atoms with Crippen molar-refractivity contribution in [3.05, 3.63) is 108 Å². The highest BCUT2D eigenvalue weighted by molar-refractivity contribution is 8.14. The molecule has 33 heavy (non-hydrogen) atoms. The summed E-state index contributed by atoms with van der Waals surface area (Å²) in [6, 6.07) is 31.9. The molecule has 1 fully saturated rings. The van der Waals surface area contributed by atoms with Crippen molar-refractivity contribution in [2.45, 2.75) is 6.42 Å². The zero-order valence-corrected chi connectivity index (χ0v) is 19.0. The number of amidine groups is 1. The van der Waals surface area contributed by atoms with Crippen LogP contribution < -0.4 is 0 Å². The Bertz CT molecular complexity index is 1250. The predicted molar refractivity (Wildman–Crippen MR) is 135 cm³/mol. The van der Waals surface area contributed by atoms with Crippen molar-refractivity contribution in [2.24, 2.45) is 4.99 Å². The van der Waals surface area contributed by atoms with Crippen molar-refractivity contribution in [1.29, 1.82) is 0 Å². The van der Waals surface area contributed by atoms with Crippen LogP contribution in [0.25, 0.3) is 16.9 Å². The lowest BCUT2D eigenvalue weighted by Gasteiger charge is -2.16. The van der Waals surface area contributed by atoms with Gasteiger partial charge in [0.2, 0.25) is 0 Å². The maximum Gasteiger partial charge on any atom is 0.278 e. The van der Waals surface area contributed by atoms with Crippen LogP contribution in [-0.4, -0.2) is 44.6 Å². The van der Waals surface area contributed by atoms with Crippen LogP contribution in [0.4, 0.5) is 0 Å². The maximum absolute atomic E-state index is 13.7. The highest BCUT2D eigenvalue weighted by Crippen LogP contribution is 2.26. The number of para-hydroxylation sites is 1. The number of rotatable bonds is 6. The molecule has 5 nitrogen and oxygen atoms in total. The van der Waals surface area contributed by atoms with Gasteiger partial charge in [0.05, 0.1) is 11.4 Å². The zero-order chi connectivity index (χ0) is 22.5. The lowest BCUT2D eigenvalue weighted by molar-refractivity contribution is 0.0850. The molecule has 5 rings (SSSR count). The van der Waals surface area contributed by atoms with Crippen molar-refractivity contribution in [2.75, 3.05) is 18.8 Å². The standard InChI is InChI=1S/C27H24N4OS/c32-26(30-18-19-33-27(30)28-17-16-21-10-4-1-5-11-21)25-20-24(22-12-6-2-7-13-22)29-31(25)23-14-8-3-9-15-23/h1-15,20H,16-19H2. The van der Waals surface area contributed by atoms with E-state index in [1.807, 2.05) is 84.9 Å². The Morgan fingerprint density at radius 2 is 1.58 bits per heavy atom. The largest absolute Gasteiger partial charge is 0.285 e. The zero-order valence-electron chi connectivity index (χ0n) is 18.2. The fraction of sp³-hybridized carbons (Fsp3) is 0.148. The summed E-state index contributed by atoms with van der Waals surface area (Å²) < 4.78 is 1.75. The molecule has 0 N–H and O–H groups in total. The molecule has 1 aromatic heterocycles. The molecular formula is C27H24N4OS. The molecule has 0 radical (unpaired) electrons. The fourth-order valence-corrected chi connectivity index (χ4v) is 4.80. The van der Waals surface area contributed by atoms with Gasteiger partial charge in [-0.05, 0) is 30.2 Å². The third-order valence-corrected chi connectivity index (χ3v) is 6.51. The molecule has 0 unspecified atom stereocenters. The van der Waals surface area contributed by atoms with Gasteiger partial charge in [-0.15, -0.1) is 0 Å². The minimum atomic E-state index is -0.0722. The average Bonchev–Trinajstić information content (AvgIpc) is 3.53. The molecule has 0 bridgehead atoms. The predicted octanol–water partition coefficient (Wildman–Crippen LogP) is 5.33. The monoisotopic (exact) mass is 452 g/mol. The van der Waals surface area contributed by atoms with E-state index in [2.05, 4.69) is 12.1 Å². The third kappa shape index (κ3) is 4.76. The van der Waals surface area contributed by atoms with Gasteiger partial charge < -0.3 is 0 Å². The van der Waals surface area contributed by atoms with Crippen molar-refractivity contribution in [3.8, 4) is 16.9 Å². The summed E-state index contributed by atoms with van der Waals surface area (Å²) >= 11 is 1.64. The summed E-state index contributed by atoms with van der Waals surface area (Å²) in [5.74, 6) is 0.776. The molecule has 0 atom stereocenters. The second-order valence-corrected chi connectivity index (χ2v) is 8.80. The van der Waals surface area contributed by atoms with Crippen LogP contribution in [0.3, 0.4) is 0 Å². The Balaban J connectivity index is 1.44. The number of aliphatic imine (C=N–C) groups is 1. The molecule has 0 spiro atoms. The van der Waals surface area contributed by atoms with Crippen LogP contribution >= 0.6 is 11.8 Å². The van der Waals surface area contributed by atoms with Crippen LogP contribution in [0, 0.1) is 0 Å². The molecule has 4 aromatic rings. The number of hydrogen-bond donors (Lipinski definition) is 0. The first kappa shape index (κ1) is 21.2. The molecule has 2 heterocycles. The molecule has 0 aliphatic carbocycles. The Morgan fingerprint density at radius 1 is 0.909 bits per heavy atom. The van der Waals surface area contributed by atoms with E-state index in [0.29, 0.717) is 18.8 Å². The summed E-state index contributed by atoms with van der Waals surface area (Å²) in [7, 11) is 0. The molecule has 1 aliphatic heterocycles. The lowest BCUT2D eigenvalue weighted by Crippen LogP contribution is -2.33. The molecule has 164 valence electrons. The van der Waals surface area contributed by atoms with Crippen LogP contribution in [-0.2, 0) is 6.42 Å². The van der Waals surface area contributed by atoms with E-state index in [-0.39, 0.29) is 5.91 Å². The number of benzene rings is 3. The number of thioether (sulfide) groups is 1. The van der Waals surface area contributed by atoms with Gasteiger partial charge in [0.25, 0.3) is 5.91 Å². The first-order valence-corrected chi connectivity index (χ1v) is 12.0. The van der Waals surface area contributed by atoms with Crippen LogP contribution in [0.1, 0.15) is 16.1 Å². The molecule has 0 saturated carbocycles. The fourth-order valence-electron chi connectivity index (χ4n) is 3.83. The Hall–Kier alpha value is -3.64. The third-order valence-electron chi connectivity index (χ3n) is 5.51. The first-order chi connectivity index (χ1) is 16.3. The smallest absolute Gasteiger partial charge is 0.278 e. The van der Waals surface area contributed by atoms with Crippen molar-refractivity contribution in [3.63, 3.8) is 0 Å². The van der Waals surface area contributed by atoms with E-state index < -0.39 is 0 Å². The van der Waals surface area contributed by atoms with Gasteiger partial charge >= 0.3 is 0 Å². The number of aromatic nitrogens is 2. The second-order valence-electron chi connectivity index (χ2n) is 7.73. The summed E-state index contributed by atoms with van der Waals surface area (Å²) in [5.41, 5.74) is 4.40. The normalized spacial score (nSPS) is 14.7. The van der Waals surface area contributed by atoms with E-state index in [0.717, 1.165) is 34.3 Å². The van der Waals surface area contributed by atoms with Crippen molar-refractivity contribution in [1.82, 2.24) is 14.7 Å². The molecule has 1 aliphatic rings. The number of nitrogens with zero attached hydrogens (tertiary/aromatic N) is 4. The maximum atomic E-state index is 13.7. The van der Waals surface area contributed by atoms with E-state index in [4.69, 9.17) is 10.1 Å². The Morgan fingerprint density at radius 3 is 2.30 bits per heavy atom. The summed E-state index contributed by atoms with van der Waals surface area (Å²) in [4.78, 5) is 20.3. The summed E-state index contributed by atoms with van der Waals surface area (Å²) in [5, 5.41) is 5.58. The van der Waals surface area contributed by atoms with Gasteiger partial charge in [0.1, 0.15) is 5.69 Å². The number of amides is 1. The topological polar surface area (TPSA) is 50.5 Å². The Kier molecular flexibility index (Phi) is 6.35. The van der Waals surface area contributed by atoms with Gasteiger partial charge in [-0.25, -0.2) is 4.68 Å². The number of carbonyl (C=O) groups excluding carboxylic acids is 1. The van der Waals surface area contributed by atoms with Gasteiger partial charge in [0, 0.05) is 24.4 Å². The molecule has 6 heteroatoms. The molecule has 3 aromatic carbocycles. The molecule has 1 amide bonds. The van der Waals surface area contributed by atoms with E-state index in [1.54, 1.807) is 21.3 Å². The number of carbonyl (C=O) groups is 1. The number of hydrogen-bond acceptors (Lipinski definition) is 4. The first-order valence-electron chi connectivity index (χ1n) is 11.0. The molecular weight excluding hydrogens is 428 g/mol. The minimum absolute atomic E-state index is 0.0722. The lowest BCUT2D eigenvalue weighted by atomic mass is 10.1. The van der Waals surface area contributed by atoms with E-state index in [1.165, 1.54) is 5.56 Å². The minimum Gasteiger partial charge on any atom is -0.285 e. The summed E-state index contributed by atoms with van der Waals surface area (Å²) in [6.45, 7) is 1.30. The Labute approximate surface area is 197 Å². The van der Waals surface area contributed by atoms with Gasteiger partial charge in [-0.3, -0.25) is 14.7 Å². The van der Waals surface area contributed by atoms with Crippen molar-refractivity contribution < 1.29 is 4.79 Å². The second kappa shape index (κ2) is 9.88. The highest BCUT2D eigenvalue weighted by atomic mass is 32.2. The SMILES string of the molecule is O=C(c1cc(-c2ccccc2)nn1-c1ccccc1)N1CCSC1=NCCc1ccccc1. The highest BCUT2D eigenvalue weighted by Gasteiger charge is 2.30. The van der Waals surface area contributed by atoms with Gasteiger partial charge in [-0.1, -0.05) is 90.6 Å². The van der Waals surface area contributed by atoms with E-state index >= 15 is 0 Å². The average molecular weight is 453 g/mol. The summed E-state index contributed by atoms with van der Waals surface area (Å²) in [6.07, 6.45) is 0.854. The van der Waals surface area contributed by atoms with Crippen LogP contribution in [0.15, 0.2) is 102 Å². The van der Waals surface area contributed by atoms with Gasteiger partial charge in [0.15, 0.2) is 5.17 Å². The van der Waals surface area contributed by atoms with Crippen molar-refractivity contribution >= 4 is 22.8 Å².